The van der Waals surface area contributed by atoms with Crippen LogP contribution >= 0.6 is 0 Å². The highest BCUT2D eigenvalue weighted by Gasteiger charge is 2.28. The lowest BCUT2D eigenvalue weighted by Gasteiger charge is -2.21. The van der Waals surface area contributed by atoms with Crippen LogP contribution in [0.2, 0.25) is 0 Å². The normalized spacial score (nSPS) is 10.7. The van der Waals surface area contributed by atoms with Gasteiger partial charge in [0.2, 0.25) is 5.91 Å². The number of carbonyl (C=O) groups excluding carboxylic acids is 3. The molecule has 8 nitrogen and oxygen atoms in total. The molecule has 0 unspecified atom stereocenters. The van der Waals surface area contributed by atoms with Gasteiger partial charge in [0.05, 0.1) is 19.1 Å². The number of hydrogen-bond donors (Lipinski definition) is 3. The van der Waals surface area contributed by atoms with E-state index in [1.165, 1.54) is 7.11 Å². The van der Waals surface area contributed by atoms with Gasteiger partial charge in [-0.15, -0.1) is 0 Å². The molecule has 8 heteroatoms. The van der Waals surface area contributed by atoms with Crippen molar-refractivity contribution in [2.24, 2.45) is 5.41 Å². The molecule has 0 aliphatic heterocycles. The number of hydrogen-bond acceptors (Lipinski definition) is 5. The summed E-state index contributed by atoms with van der Waals surface area (Å²) in [6.45, 7) is 6.56. The van der Waals surface area contributed by atoms with Crippen molar-refractivity contribution >= 4 is 17.9 Å². The fourth-order valence-electron chi connectivity index (χ4n) is 2.46. The number of ether oxygens (including phenoxy) is 2. The molecule has 28 heavy (non-hydrogen) atoms. The first-order valence-electron chi connectivity index (χ1n) is 9.41. The molecule has 0 radical (unpaired) electrons. The summed E-state index contributed by atoms with van der Waals surface area (Å²) >= 11 is 0. The molecule has 0 aromatic heterocycles. The Hall–Kier alpha value is -2.77. The summed E-state index contributed by atoms with van der Waals surface area (Å²) in [5, 5.41) is 2.59. The number of carbonyl (C=O) groups is 3. The fourth-order valence-corrected chi connectivity index (χ4v) is 2.46. The van der Waals surface area contributed by atoms with E-state index in [1.54, 1.807) is 0 Å². The lowest BCUT2D eigenvalue weighted by Crippen LogP contribution is -2.47. The summed E-state index contributed by atoms with van der Waals surface area (Å²) in [6, 6.07) is 7.06. The number of urea groups is 1. The van der Waals surface area contributed by atoms with Crippen molar-refractivity contribution in [1.29, 1.82) is 0 Å². The Morgan fingerprint density at radius 3 is 2.36 bits per heavy atom. The summed E-state index contributed by atoms with van der Waals surface area (Å²) in [6.07, 6.45) is 2.14. The summed E-state index contributed by atoms with van der Waals surface area (Å²) in [5.41, 5.74) is 5.05. The Labute approximate surface area is 166 Å². The van der Waals surface area contributed by atoms with E-state index in [0.717, 1.165) is 12.0 Å². The van der Waals surface area contributed by atoms with E-state index < -0.39 is 11.4 Å². The van der Waals surface area contributed by atoms with Crippen molar-refractivity contribution in [3.63, 3.8) is 0 Å². The molecule has 3 amide bonds. The molecule has 0 aliphatic rings. The summed E-state index contributed by atoms with van der Waals surface area (Å²) in [7, 11) is 1.39. The van der Waals surface area contributed by atoms with Crippen molar-refractivity contribution < 1.29 is 23.9 Å². The second-order valence-corrected chi connectivity index (χ2v) is 7.08. The molecule has 1 aromatic carbocycles. The van der Waals surface area contributed by atoms with E-state index >= 15 is 0 Å². The number of nitrogens with one attached hydrogen (secondary N) is 3. The Morgan fingerprint density at radius 1 is 1.07 bits per heavy atom. The van der Waals surface area contributed by atoms with E-state index in [4.69, 9.17) is 9.47 Å². The molecule has 0 fully saturated rings. The van der Waals surface area contributed by atoms with Crippen LogP contribution in [0.1, 0.15) is 45.6 Å². The van der Waals surface area contributed by atoms with Crippen LogP contribution in [-0.2, 0) is 20.7 Å². The minimum Gasteiger partial charge on any atom is -0.494 e. The summed E-state index contributed by atoms with van der Waals surface area (Å²) in [4.78, 5) is 34.7. The number of hydrazine groups is 1. The monoisotopic (exact) mass is 393 g/mol. The molecule has 0 saturated heterocycles. The van der Waals surface area contributed by atoms with Gasteiger partial charge in [-0.05, 0) is 50.8 Å². The van der Waals surface area contributed by atoms with Gasteiger partial charge in [-0.3, -0.25) is 15.0 Å². The first kappa shape index (κ1) is 23.3. The number of rotatable bonds is 10. The maximum Gasteiger partial charge on any atom is 0.333 e. The third-order valence-electron chi connectivity index (χ3n) is 3.98. The molecule has 156 valence electrons. The highest BCUT2D eigenvalue weighted by atomic mass is 16.5. The van der Waals surface area contributed by atoms with Crippen LogP contribution in [0.4, 0.5) is 4.79 Å². The average molecular weight is 393 g/mol. The standard InChI is InChI=1S/C20H31N3O5/c1-5-12-21-19(26)23-22-17(24)7-6-13-28-16-10-8-15(9-11-16)14-20(2,3)18(25)27-4/h8-11H,5-7,12-14H2,1-4H3,(H,22,24)(H2,21,23,26). The SMILES string of the molecule is CCCNC(=O)NNC(=O)CCCOc1ccc(CC(C)(C)C(=O)OC)cc1. The smallest absolute Gasteiger partial charge is 0.333 e. The molecule has 0 bridgehead atoms. The van der Waals surface area contributed by atoms with Crippen LogP contribution in [0.5, 0.6) is 5.75 Å². The first-order valence-corrected chi connectivity index (χ1v) is 9.41. The minimum absolute atomic E-state index is 0.236. The van der Waals surface area contributed by atoms with E-state index in [2.05, 4.69) is 16.2 Å². The number of amides is 3. The molecule has 1 rings (SSSR count). The Kier molecular flexibility index (Phi) is 9.84. The molecule has 3 N–H and O–H groups in total. The molecular formula is C20H31N3O5. The first-order chi connectivity index (χ1) is 13.3. The highest BCUT2D eigenvalue weighted by Crippen LogP contribution is 2.24. The molecule has 0 spiro atoms. The van der Waals surface area contributed by atoms with Crippen LogP contribution in [-0.4, -0.2) is 38.2 Å². The fraction of sp³-hybridized carbons (Fsp3) is 0.550. The predicted octanol–water partition coefficient (Wildman–Crippen LogP) is 2.33. The van der Waals surface area contributed by atoms with Crippen molar-refractivity contribution in [3.8, 4) is 5.75 Å². The summed E-state index contributed by atoms with van der Waals surface area (Å²) < 4.78 is 10.4. The second-order valence-electron chi connectivity index (χ2n) is 7.08. The molecule has 0 atom stereocenters. The predicted molar refractivity (Wildman–Crippen MR) is 106 cm³/mol. The number of esters is 1. The zero-order valence-corrected chi connectivity index (χ0v) is 17.1. The molecular weight excluding hydrogens is 362 g/mol. The van der Waals surface area contributed by atoms with Crippen molar-refractivity contribution in [2.45, 2.75) is 46.5 Å². The quantitative estimate of drug-likeness (QED) is 0.321. The Morgan fingerprint density at radius 2 is 1.75 bits per heavy atom. The Balaban J connectivity index is 2.28. The largest absolute Gasteiger partial charge is 0.494 e. The molecule has 0 heterocycles. The van der Waals surface area contributed by atoms with Gasteiger partial charge in [0.15, 0.2) is 0 Å². The lowest BCUT2D eigenvalue weighted by atomic mass is 9.86. The van der Waals surface area contributed by atoms with Crippen molar-refractivity contribution in [3.05, 3.63) is 29.8 Å². The zero-order valence-electron chi connectivity index (χ0n) is 17.1. The third kappa shape index (κ3) is 8.75. The van der Waals surface area contributed by atoms with Crippen molar-refractivity contribution in [2.75, 3.05) is 20.3 Å². The summed E-state index contributed by atoms with van der Waals surface area (Å²) in [5.74, 6) is 0.163. The van der Waals surface area contributed by atoms with Gasteiger partial charge in [-0.25, -0.2) is 10.2 Å². The Bertz CT molecular complexity index is 644. The van der Waals surface area contributed by atoms with Crippen LogP contribution < -0.4 is 20.9 Å². The van der Waals surface area contributed by atoms with Gasteiger partial charge in [-0.2, -0.15) is 0 Å². The van der Waals surface area contributed by atoms with Crippen LogP contribution in [0.3, 0.4) is 0 Å². The number of benzene rings is 1. The third-order valence-corrected chi connectivity index (χ3v) is 3.98. The van der Waals surface area contributed by atoms with E-state index in [9.17, 15) is 14.4 Å². The van der Waals surface area contributed by atoms with Gasteiger partial charge in [0.25, 0.3) is 0 Å². The van der Waals surface area contributed by atoms with E-state index in [-0.39, 0.29) is 18.3 Å². The van der Waals surface area contributed by atoms with Crippen LogP contribution in [0.15, 0.2) is 24.3 Å². The van der Waals surface area contributed by atoms with Gasteiger partial charge in [-0.1, -0.05) is 19.1 Å². The maximum absolute atomic E-state index is 11.8. The van der Waals surface area contributed by atoms with Gasteiger partial charge in [0.1, 0.15) is 5.75 Å². The van der Waals surface area contributed by atoms with Gasteiger partial charge >= 0.3 is 12.0 Å². The van der Waals surface area contributed by atoms with Gasteiger partial charge < -0.3 is 14.8 Å². The van der Waals surface area contributed by atoms with Crippen LogP contribution in [0, 0.1) is 5.41 Å². The maximum atomic E-state index is 11.8. The lowest BCUT2D eigenvalue weighted by molar-refractivity contribution is -0.150. The van der Waals surface area contributed by atoms with Gasteiger partial charge in [0, 0.05) is 13.0 Å². The minimum atomic E-state index is -0.591. The average Bonchev–Trinajstić information content (AvgIpc) is 2.68. The molecule has 1 aromatic rings. The van der Waals surface area contributed by atoms with E-state index in [0.29, 0.717) is 31.7 Å². The topological polar surface area (TPSA) is 106 Å². The second kappa shape index (κ2) is 11.8. The van der Waals surface area contributed by atoms with Crippen LogP contribution in [0.25, 0.3) is 0 Å². The number of methoxy groups -OCH3 is 1. The zero-order chi connectivity index (χ0) is 21.0. The highest BCUT2D eigenvalue weighted by molar-refractivity contribution is 5.80. The molecule has 0 aliphatic carbocycles. The molecule has 0 saturated carbocycles. The van der Waals surface area contributed by atoms with E-state index in [1.807, 2.05) is 45.0 Å². The van der Waals surface area contributed by atoms with Crippen molar-refractivity contribution in [1.82, 2.24) is 16.2 Å².